The highest BCUT2D eigenvalue weighted by Crippen LogP contribution is 2.34. The highest BCUT2D eigenvalue weighted by Gasteiger charge is 2.40. The van der Waals surface area contributed by atoms with Gasteiger partial charge in [-0.25, -0.2) is 4.90 Å². The number of ether oxygens (including phenoxy) is 2. The Labute approximate surface area is 174 Å². The van der Waals surface area contributed by atoms with E-state index in [9.17, 15) is 9.59 Å². The SMILES string of the molecule is COc1ccc(C2=C(Nc3ccccc3)C(=O)N(c3ccc(OC)cc3)C2=O)cc1. The molecule has 4 rings (SSSR count). The Morgan fingerprint density at radius 3 is 1.83 bits per heavy atom. The van der Waals surface area contributed by atoms with Gasteiger partial charge >= 0.3 is 0 Å². The maximum atomic E-state index is 13.4. The van der Waals surface area contributed by atoms with E-state index in [4.69, 9.17) is 9.47 Å². The summed E-state index contributed by atoms with van der Waals surface area (Å²) >= 11 is 0. The lowest BCUT2D eigenvalue weighted by molar-refractivity contribution is -0.120. The minimum atomic E-state index is -0.417. The molecule has 1 N–H and O–H groups in total. The number of imide groups is 1. The molecule has 1 heterocycles. The standard InChI is InChI=1S/C24H20N2O4/c1-29-19-12-8-16(9-13-19)21-22(25-17-6-4-3-5-7-17)24(28)26(23(21)27)18-10-14-20(30-2)15-11-18/h3-15,25H,1-2H3. The summed E-state index contributed by atoms with van der Waals surface area (Å²) in [6, 6.07) is 23.1. The van der Waals surface area contributed by atoms with Crippen LogP contribution < -0.4 is 19.7 Å². The van der Waals surface area contributed by atoms with Gasteiger partial charge in [-0.3, -0.25) is 9.59 Å². The summed E-state index contributed by atoms with van der Waals surface area (Å²) < 4.78 is 10.4. The van der Waals surface area contributed by atoms with Crippen molar-refractivity contribution in [3.8, 4) is 11.5 Å². The van der Waals surface area contributed by atoms with Crippen LogP contribution in [0, 0.1) is 0 Å². The molecule has 0 bridgehead atoms. The zero-order valence-corrected chi connectivity index (χ0v) is 16.6. The van der Waals surface area contributed by atoms with Gasteiger partial charge in [0, 0.05) is 5.69 Å². The maximum Gasteiger partial charge on any atom is 0.282 e. The van der Waals surface area contributed by atoms with Crippen LogP contribution in [-0.4, -0.2) is 26.0 Å². The van der Waals surface area contributed by atoms with Crippen LogP contribution in [0.2, 0.25) is 0 Å². The van der Waals surface area contributed by atoms with E-state index in [1.807, 2.05) is 30.3 Å². The van der Waals surface area contributed by atoms with Gasteiger partial charge in [0.05, 0.1) is 25.5 Å². The zero-order valence-electron chi connectivity index (χ0n) is 16.6. The molecule has 0 unspecified atom stereocenters. The Morgan fingerprint density at radius 1 is 0.700 bits per heavy atom. The molecule has 0 radical (unpaired) electrons. The Morgan fingerprint density at radius 2 is 1.27 bits per heavy atom. The molecule has 0 fully saturated rings. The number of hydrogen-bond donors (Lipinski definition) is 1. The highest BCUT2D eigenvalue weighted by molar-refractivity contribution is 6.46. The molecule has 0 saturated carbocycles. The van der Waals surface area contributed by atoms with E-state index in [0.29, 0.717) is 28.3 Å². The van der Waals surface area contributed by atoms with Gasteiger partial charge in [-0.05, 0) is 54.1 Å². The monoisotopic (exact) mass is 400 g/mol. The Balaban J connectivity index is 1.78. The molecular weight excluding hydrogens is 380 g/mol. The molecule has 6 heteroatoms. The lowest BCUT2D eigenvalue weighted by Crippen LogP contribution is -2.32. The first kappa shape index (κ1) is 19.3. The average Bonchev–Trinajstić information content (AvgIpc) is 3.04. The van der Waals surface area contributed by atoms with E-state index < -0.39 is 11.8 Å². The number of anilines is 2. The fourth-order valence-corrected chi connectivity index (χ4v) is 3.30. The third-order valence-electron chi connectivity index (χ3n) is 4.84. The zero-order chi connectivity index (χ0) is 21.1. The molecule has 3 aromatic rings. The van der Waals surface area contributed by atoms with Crippen molar-refractivity contribution in [2.45, 2.75) is 0 Å². The summed E-state index contributed by atoms with van der Waals surface area (Å²) in [4.78, 5) is 27.9. The van der Waals surface area contributed by atoms with Crippen LogP contribution in [0.1, 0.15) is 5.56 Å². The minimum absolute atomic E-state index is 0.229. The summed E-state index contributed by atoms with van der Waals surface area (Å²) in [7, 11) is 3.14. The van der Waals surface area contributed by atoms with E-state index in [1.54, 1.807) is 62.8 Å². The average molecular weight is 400 g/mol. The number of methoxy groups -OCH3 is 2. The van der Waals surface area contributed by atoms with Gasteiger partial charge in [0.15, 0.2) is 0 Å². The summed E-state index contributed by atoms with van der Waals surface area (Å²) in [6.45, 7) is 0. The van der Waals surface area contributed by atoms with Gasteiger partial charge in [-0.2, -0.15) is 0 Å². The molecule has 1 aliphatic rings. The predicted octanol–water partition coefficient (Wildman–Crippen LogP) is 4.10. The second-order valence-electron chi connectivity index (χ2n) is 6.61. The summed E-state index contributed by atoms with van der Waals surface area (Å²) in [5.41, 5.74) is 2.36. The smallest absolute Gasteiger partial charge is 0.282 e. The molecule has 30 heavy (non-hydrogen) atoms. The first-order valence-corrected chi connectivity index (χ1v) is 9.36. The molecule has 1 aliphatic heterocycles. The normalized spacial score (nSPS) is 13.6. The number of nitrogens with one attached hydrogen (secondary N) is 1. The van der Waals surface area contributed by atoms with Crippen molar-refractivity contribution >= 4 is 28.8 Å². The fraction of sp³-hybridized carbons (Fsp3) is 0.0833. The van der Waals surface area contributed by atoms with Crippen molar-refractivity contribution < 1.29 is 19.1 Å². The van der Waals surface area contributed by atoms with E-state index >= 15 is 0 Å². The highest BCUT2D eigenvalue weighted by atomic mass is 16.5. The molecule has 0 aromatic heterocycles. The van der Waals surface area contributed by atoms with Gasteiger partial charge in [0.2, 0.25) is 0 Å². The molecule has 0 spiro atoms. The second-order valence-corrected chi connectivity index (χ2v) is 6.61. The van der Waals surface area contributed by atoms with Crippen LogP contribution in [0.25, 0.3) is 5.57 Å². The molecule has 2 amide bonds. The lowest BCUT2D eigenvalue weighted by Gasteiger charge is -2.16. The van der Waals surface area contributed by atoms with Crippen LogP contribution in [0.4, 0.5) is 11.4 Å². The molecule has 0 atom stereocenters. The molecule has 0 saturated heterocycles. The first-order valence-electron chi connectivity index (χ1n) is 9.36. The third-order valence-corrected chi connectivity index (χ3v) is 4.84. The molecule has 3 aromatic carbocycles. The number of nitrogens with zero attached hydrogens (tertiary/aromatic N) is 1. The van der Waals surface area contributed by atoms with Crippen molar-refractivity contribution in [2.75, 3.05) is 24.4 Å². The van der Waals surface area contributed by atoms with Gasteiger partial charge in [-0.15, -0.1) is 0 Å². The first-order chi connectivity index (χ1) is 14.6. The number of carbonyl (C=O) groups excluding carboxylic acids is 2. The van der Waals surface area contributed by atoms with E-state index in [2.05, 4.69) is 5.32 Å². The largest absolute Gasteiger partial charge is 0.497 e. The minimum Gasteiger partial charge on any atom is -0.497 e. The Bertz CT molecular complexity index is 1100. The molecular formula is C24H20N2O4. The number of amides is 2. The van der Waals surface area contributed by atoms with Gasteiger partial charge in [0.1, 0.15) is 17.2 Å². The topological polar surface area (TPSA) is 67.9 Å². The van der Waals surface area contributed by atoms with E-state index in [1.165, 1.54) is 4.90 Å². The van der Waals surface area contributed by atoms with Crippen molar-refractivity contribution in [3.63, 3.8) is 0 Å². The van der Waals surface area contributed by atoms with Crippen molar-refractivity contribution in [3.05, 3.63) is 90.1 Å². The van der Waals surface area contributed by atoms with Crippen molar-refractivity contribution in [1.82, 2.24) is 0 Å². The molecule has 0 aliphatic carbocycles. The maximum absolute atomic E-state index is 13.4. The van der Waals surface area contributed by atoms with Crippen LogP contribution in [0.15, 0.2) is 84.6 Å². The number of hydrogen-bond acceptors (Lipinski definition) is 5. The van der Waals surface area contributed by atoms with E-state index in [-0.39, 0.29) is 5.70 Å². The number of para-hydroxylation sites is 1. The second kappa shape index (κ2) is 8.13. The Hall–Kier alpha value is -4.06. The number of carbonyl (C=O) groups is 2. The van der Waals surface area contributed by atoms with Gasteiger partial charge in [-0.1, -0.05) is 30.3 Å². The van der Waals surface area contributed by atoms with E-state index in [0.717, 1.165) is 5.69 Å². The summed E-state index contributed by atoms with van der Waals surface area (Å²) in [5, 5.41) is 3.13. The van der Waals surface area contributed by atoms with Crippen LogP contribution in [-0.2, 0) is 9.59 Å². The number of benzene rings is 3. The third kappa shape index (κ3) is 3.51. The van der Waals surface area contributed by atoms with Crippen molar-refractivity contribution in [2.24, 2.45) is 0 Å². The summed E-state index contributed by atoms with van der Waals surface area (Å²) in [6.07, 6.45) is 0. The Kier molecular flexibility index (Phi) is 5.22. The van der Waals surface area contributed by atoms with Crippen molar-refractivity contribution in [1.29, 1.82) is 0 Å². The van der Waals surface area contributed by atoms with Crippen LogP contribution in [0.3, 0.4) is 0 Å². The van der Waals surface area contributed by atoms with Gasteiger partial charge in [0.25, 0.3) is 11.8 Å². The van der Waals surface area contributed by atoms with Crippen LogP contribution in [0.5, 0.6) is 11.5 Å². The number of rotatable bonds is 6. The predicted molar refractivity (Wildman–Crippen MR) is 115 cm³/mol. The lowest BCUT2D eigenvalue weighted by atomic mass is 10.0. The quantitative estimate of drug-likeness (QED) is 0.631. The fourth-order valence-electron chi connectivity index (χ4n) is 3.30. The van der Waals surface area contributed by atoms with Crippen LogP contribution >= 0.6 is 0 Å². The molecule has 6 nitrogen and oxygen atoms in total. The summed E-state index contributed by atoms with van der Waals surface area (Å²) in [5.74, 6) is 0.498. The van der Waals surface area contributed by atoms with Gasteiger partial charge < -0.3 is 14.8 Å². The molecule has 150 valence electrons.